The SMILES string of the molecule is COc1cccc(CN[C@@H](C)CCc2ccccc2)c1. The van der Waals surface area contributed by atoms with Gasteiger partial charge in [0.2, 0.25) is 0 Å². The summed E-state index contributed by atoms with van der Waals surface area (Å²) in [5, 5.41) is 3.56. The highest BCUT2D eigenvalue weighted by atomic mass is 16.5. The van der Waals surface area contributed by atoms with E-state index in [-0.39, 0.29) is 0 Å². The molecule has 0 spiro atoms. The molecule has 106 valence electrons. The minimum absolute atomic E-state index is 0.501. The predicted molar refractivity (Wildman–Crippen MR) is 84.1 cm³/mol. The van der Waals surface area contributed by atoms with Crippen LogP contribution < -0.4 is 10.1 Å². The van der Waals surface area contributed by atoms with Crippen LogP contribution in [-0.2, 0) is 13.0 Å². The summed E-state index contributed by atoms with van der Waals surface area (Å²) < 4.78 is 5.24. The van der Waals surface area contributed by atoms with Crippen LogP contribution in [0.25, 0.3) is 0 Å². The predicted octanol–water partition coefficient (Wildman–Crippen LogP) is 3.81. The molecule has 0 aliphatic rings. The molecule has 0 aliphatic carbocycles. The third-order valence-electron chi connectivity index (χ3n) is 3.50. The Morgan fingerprint density at radius 2 is 1.75 bits per heavy atom. The molecular formula is C18H23NO. The molecule has 0 unspecified atom stereocenters. The van der Waals surface area contributed by atoms with Gasteiger partial charge in [-0.25, -0.2) is 0 Å². The van der Waals surface area contributed by atoms with Crippen LogP contribution in [0.3, 0.4) is 0 Å². The molecule has 20 heavy (non-hydrogen) atoms. The van der Waals surface area contributed by atoms with Crippen LogP contribution in [0.1, 0.15) is 24.5 Å². The van der Waals surface area contributed by atoms with Gasteiger partial charge in [-0.1, -0.05) is 42.5 Å². The number of aryl methyl sites for hydroxylation is 1. The highest BCUT2D eigenvalue weighted by molar-refractivity contribution is 5.28. The fourth-order valence-electron chi connectivity index (χ4n) is 2.20. The largest absolute Gasteiger partial charge is 0.497 e. The maximum absolute atomic E-state index is 5.24. The normalized spacial score (nSPS) is 12.1. The second-order valence-corrected chi connectivity index (χ2v) is 5.16. The molecule has 0 saturated heterocycles. The number of rotatable bonds is 7. The molecule has 0 heterocycles. The molecule has 0 saturated carbocycles. The van der Waals surface area contributed by atoms with E-state index in [0.29, 0.717) is 6.04 Å². The van der Waals surface area contributed by atoms with E-state index in [1.807, 2.05) is 12.1 Å². The van der Waals surface area contributed by atoms with E-state index in [9.17, 15) is 0 Å². The molecule has 1 N–H and O–H groups in total. The summed E-state index contributed by atoms with van der Waals surface area (Å²) in [5.74, 6) is 0.918. The zero-order valence-corrected chi connectivity index (χ0v) is 12.3. The fraction of sp³-hybridized carbons (Fsp3) is 0.333. The Morgan fingerprint density at radius 3 is 2.50 bits per heavy atom. The van der Waals surface area contributed by atoms with Crippen molar-refractivity contribution in [3.05, 3.63) is 65.7 Å². The minimum atomic E-state index is 0.501. The van der Waals surface area contributed by atoms with Gasteiger partial charge in [-0.15, -0.1) is 0 Å². The van der Waals surface area contributed by atoms with E-state index in [1.54, 1.807) is 7.11 Å². The number of nitrogens with one attached hydrogen (secondary N) is 1. The van der Waals surface area contributed by atoms with Crippen LogP contribution in [0.5, 0.6) is 5.75 Å². The third-order valence-corrected chi connectivity index (χ3v) is 3.50. The lowest BCUT2D eigenvalue weighted by Gasteiger charge is -2.14. The summed E-state index contributed by atoms with van der Waals surface area (Å²) in [4.78, 5) is 0. The summed E-state index contributed by atoms with van der Waals surface area (Å²) in [5.41, 5.74) is 2.67. The van der Waals surface area contributed by atoms with E-state index in [1.165, 1.54) is 11.1 Å². The highest BCUT2D eigenvalue weighted by Crippen LogP contribution is 2.12. The van der Waals surface area contributed by atoms with Crippen LogP contribution in [0.4, 0.5) is 0 Å². The lowest BCUT2D eigenvalue weighted by molar-refractivity contribution is 0.413. The maximum atomic E-state index is 5.24. The van der Waals surface area contributed by atoms with Gasteiger partial charge >= 0.3 is 0 Å². The van der Waals surface area contributed by atoms with Crippen molar-refractivity contribution in [3.63, 3.8) is 0 Å². The molecule has 0 aromatic heterocycles. The van der Waals surface area contributed by atoms with Crippen molar-refractivity contribution in [2.24, 2.45) is 0 Å². The van der Waals surface area contributed by atoms with E-state index in [4.69, 9.17) is 4.74 Å². The average Bonchev–Trinajstić information content (AvgIpc) is 2.52. The number of benzene rings is 2. The quantitative estimate of drug-likeness (QED) is 0.825. The first kappa shape index (κ1) is 14.6. The van der Waals surface area contributed by atoms with Crippen molar-refractivity contribution >= 4 is 0 Å². The van der Waals surface area contributed by atoms with Gasteiger partial charge in [-0.3, -0.25) is 0 Å². The summed E-state index contributed by atoms with van der Waals surface area (Å²) >= 11 is 0. The molecule has 2 rings (SSSR count). The Labute approximate surface area is 121 Å². The molecule has 2 aromatic rings. The number of hydrogen-bond donors (Lipinski definition) is 1. The highest BCUT2D eigenvalue weighted by Gasteiger charge is 2.03. The topological polar surface area (TPSA) is 21.3 Å². The first-order valence-electron chi connectivity index (χ1n) is 7.18. The monoisotopic (exact) mass is 269 g/mol. The van der Waals surface area contributed by atoms with E-state index in [0.717, 1.165) is 25.1 Å². The number of hydrogen-bond acceptors (Lipinski definition) is 2. The van der Waals surface area contributed by atoms with Crippen molar-refractivity contribution in [1.29, 1.82) is 0 Å². The Balaban J connectivity index is 1.75. The van der Waals surface area contributed by atoms with E-state index in [2.05, 4.69) is 54.7 Å². The van der Waals surface area contributed by atoms with Crippen molar-refractivity contribution in [3.8, 4) is 5.75 Å². The van der Waals surface area contributed by atoms with Crippen LogP contribution in [0.2, 0.25) is 0 Å². The number of methoxy groups -OCH3 is 1. The molecule has 0 bridgehead atoms. The number of ether oxygens (including phenoxy) is 1. The van der Waals surface area contributed by atoms with Crippen molar-refractivity contribution < 1.29 is 4.74 Å². The first-order chi connectivity index (χ1) is 9.78. The smallest absolute Gasteiger partial charge is 0.119 e. The van der Waals surface area contributed by atoms with Crippen molar-refractivity contribution in [2.75, 3.05) is 7.11 Å². The Bertz CT molecular complexity index is 510. The Kier molecular flexibility index (Phi) is 5.63. The molecule has 0 fully saturated rings. The molecule has 0 radical (unpaired) electrons. The van der Waals surface area contributed by atoms with Gasteiger partial charge < -0.3 is 10.1 Å². The zero-order chi connectivity index (χ0) is 14.2. The summed E-state index contributed by atoms with van der Waals surface area (Å²) in [7, 11) is 1.70. The van der Waals surface area contributed by atoms with Gasteiger partial charge in [0, 0.05) is 12.6 Å². The summed E-state index contributed by atoms with van der Waals surface area (Å²) in [6.45, 7) is 3.12. The van der Waals surface area contributed by atoms with E-state index < -0.39 is 0 Å². The maximum Gasteiger partial charge on any atom is 0.119 e. The lowest BCUT2D eigenvalue weighted by Crippen LogP contribution is -2.25. The standard InChI is InChI=1S/C18H23NO/c1-15(11-12-16-7-4-3-5-8-16)19-14-17-9-6-10-18(13-17)20-2/h3-10,13,15,19H,11-12,14H2,1-2H3/t15-/m0/s1. The van der Waals surface area contributed by atoms with Crippen LogP contribution >= 0.6 is 0 Å². The van der Waals surface area contributed by atoms with Crippen LogP contribution in [0.15, 0.2) is 54.6 Å². The molecule has 2 heteroatoms. The Morgan fingerprint density at radius 1 is 1.00 bits per heavy atom. The fourth-order valence-corrected chi connectivity index (χ4v) is 2.20. The Hall–Kier alpha value is -1.80. The van der Waals surface area contributed by atoms with Crippen LogP contribution in [-0.4, -0.2) is 13.2 Å². The minimum Gasteiger partial charge on any atom is -0.497 e. The van der Waals surface area contributed by atoms with Crippen molar-refractivity contribution in [2.45, 2.75) is 32.4 Å². The molecule has 0 amide bonds. The van der Waals surface area contributed by atoms with Gasteiger partial charge in [0.15, 0.2) is 0 Å². The molecule has 2 aromatic carbocycles. The van der Waals surface area contributed by atoms with Gasteiger partial charge in [-0.05, 0) is 43.0 Å². The lowest BCUT2D eigenvalue weighted by atomic mass is 10.1. The molecular weight excluding hydrogens is 246 g/mol. The van der Waals surface area contributed by atoms with Crippen LogP contribution in [0, 0.1) is 0 Å². The zero-order valence-electron chi connectivity index (χ0n) is 12.3. The molecule has 0 aliphatic heterocycles. The second kappa shape index (κ2) is 7.71. The van der Waals surface area contributed by atoms with E-state index >= 15 is 0 Å². The summed E-state index contributed by atoms with van der Waals surface area (Å²) in [6, 6.07) is 19.4. The van der Waals surface area contributed by atoms with Gasteiger partial charge in [0.1, 0.15) is 5.75 Å². The average molecular weight is 269 g/mol. The molecule has 2 nitrogen and oxygen atoms in total. The van der Waals surface area contributed by atoms with Gasteiger partial charge in [0.05, 0.1) is 7.11 Å². The van der Waals surface area contributed by atoms with Crippen molar-refractivity contribution in [1.82, 2.24) is 5.32 Å². The second-order valence-electron chi connectivity index (χ2n) is 5.16. The third kappa shape index (κ3) is 4.71. The molecule has 1 atom stereocenters. The summed E-state index contributed by atoms with van der Waals surface area (Å²) in [6.07, 6.45) is 2.26. The van der Waals surface area contributed by atoms with Gasteiger partial charge in [-0.2, -0.15) is 0 Å². The first-order valence-corrected chi connectivity index (χ1v) is 7.18. The van der Waals surface area contributed by atoms with Gasteiger partial charge in [0.25, 0.3) is 0 Å².